The van der Waals surface area contributed by atoms with Crippen molar-refractivity contribution in [2.24, 2.45) is 0 Å². The van der Waals surface area contributed by atoms with Crippen molar-refractivity contribution in [3.8, 4) is 0 Å². The molecule has 3 rings (SSSR count). The molecule has 0 aliphatic heterocycles. The van der Waals surface area contributed by atoms with Crippen LogP contribution in [-0.2, 0) is 13.1 Å². The van der Waals surface area contributed by atoms with E-state index in [1.54, 1.807) is 18.3 Å². The van der Waals surface area contributed by atoms with Crippen molar-refractivity contribution in [2.45, 2.75) is 13.1 Å². The van der Waals surface area contributed by atoms with E-state index in [4.69, 9.17) is 0 Å². The first kappa shape index (κ1) is 13.4. The van der Waals surface area contributed by atoms with Crippen LogP contribution in [0.1, 0.15) is 11.1 Å². The van der Waals surface area contributed by atoms with Crippen LogP contribution in [0.25, 0.3) is 0 Å². The number of aromatic nitrogens is 2. The van der Waals surface area contributed by atoms with Crippen LogP contribution < -0.4 is 5.32 Å². The maximum Gasteiger partial charge on any atom is 0.123 e. The molecule has 4 heteroatoms. The normalized spacial score (nSPS) is 10.5. The fourth-order valence-electron chi connectivity index (χ4n) is 2.17. The Hall–Kier alpha value is -2.62. The second kappa shape index (κ2) is 6.22. The smallest absolute Gasteiger partial charge is 0.123 e. The van der Waals surface area contributed by atoms with Gasteiger partial charge in [0, 0.05) is 24.6 Å². The van der Waals surface area contributed by atoms with Gasteiger partial charge in [-0.25, -0.2) is 4.39 Å². The molecule has 0 aliphatic carbocycles. The van der Waals surface area contributed by atoms with Gasteiger partial charge < -0.3 is 5.32 Å². The summed E-state index contributed by atoms with van der Waals surface area (Å²) < 4.78 is 14.7. The zero-order valence-corrected chi connectivity index (χ0v) is 11.5. The highest BCUT2D eigenvalue weighted by molar-refractivity contribution is 5.46. The third kappa shape index (κ3) is 3.69. The van der Waals surface area contributed by atoms with Gasteiger partial charge >= 0.3 is 0 Å². The molecule has 0 atom stereocenters. The predicted octanol–water partition coefficient (Wildman–Crippen LogP) is 3.68. The number of nitrogens with one attached hydrogen (secondary N) is 1. The molecule has 0 spiro atoms. The van der Waals surface area contributed by atoms with Crippen molar-refractivity contribution < 1.29 is 4.39 Å². The molecule has 0 radical (unpaired) electrons. The van der Waals surface area contributed by atoms with Crippen molar-refractivity contribution in [1.82, 2.24) is 9.78 Å². The third-order valence-corrected chi connectivity index (χ3v) is 3.24. The number of hydrogen-bond acceptors (Lipinski definition) is 2. The van der Waals surface area contributed by atoms with E-state index in [-0.39, 0.29) is 5.82 Å². The second-order valence-electron chi connectivity index (χ2n) is 4.88. The summed E-state index contributed by atoms with van der Waals surface area (Å²) in [6, 6.07) is 16.7. The average Bonchev–Trinajstić information content (AvgIpc) is 3.00. The van der Waals surface area contributed by atoms with Crippen molar-refractivity contribution in [3.05, 3.63) is 83.9 Å². The Morgan fingerprint density at radius 3 is 2.62 bits per heavy atom. The van der Waals surface area contributed by atoms with Gasteiger partial charge in [0.1, 0.15) is 5.82 Å². The van der Waals surface area contributed by atoms with Crippen molar-refractivity contribution in [3.63, 3.8) is 0 Å². The van der Waals surface area contributed by atoms with E-state index in [1.165, 1.54) is 17.7 Å². The quantitative estimate of drug-likeness (QED) is 0.773. The zero-order valence-electron chi connectivity index (χ0n) is 11.5. The minimum Gasteiger partial charge on any atom is -0.381 e. The molecule has 0 unspecified atom stereocenters. The minimum absolute atomic E-state index is 0.208. The molecule has 21 heavy (non-hydrogen) atoms. The lowest BCUT2D eigenvalue weighted by Gasteiger charge is -2.09. The van der Waals surface area contributed by atoms with Gasteiger partial charge in [-0.15, -0.1) is 0 Å². The van der Waals surface area contributed by atoms with Crippen LogP contribution in [0.15, 0.2) is 67.0 Å². The molecule has 0 aliphatic rings. The second-order valence-corrected chi connectivity index (χ2v) is 4.88. The maximum absolute atomic E-state index is 12.9. The molecule has 3 nitrogen and oxygen atoms in total. The van der Waals surface area contributed by atoms with Crippen LogP contribution in [0.5, 0.6) is 0 Å². The van der Waals surface area contributed by atoms with Crippen molar-refractivity contribution >= 4 is 5.69 Å². The van der Waals surface area contributed by atoms with E-state index < -0.39 is 0 Å². The monoisotopic (exact) mass is 281 g/mol. The Morgan fingerprint density at radius 2 is 1.86 bits per heavy atom. The Bertz CT molecular complexity index is 690. The summed E-state index contributed by atoms with van der Waals surface area (Å²) in [5.41, 5.74) is 3.28. The number of nitrogens with zero attached hydrogens (tertiary/aromatic N) is 2. The lowest BCUT2D eigenvalue weighted by molar-refractivity contribution is 0.627. The largest absolute Gasteiger partial charge is 0.381 e. The predicted molar refractivity (Wildman–Crippen MR) is 81.5 cm³/mol. The van der Waals surface area contributed by atoms with Crippen LogP contribution in [-0.4, -0.2) is 9.78 Å². The van der Waals surface area contributed by atoms with Gasteiger partial charge in [0.25, 0.3) is 0 Å². The molecule has 0 fully saturated rings. The number of hydrogen-bond donors (Lipinski definition) is 1. The van der Waals surface area contributed by atoms with Gasteiger partial charge in [-0.05, 0) is 41.5 Å². The van der Waals surface area contributed by atoms with Crippen LogP contribution >= 0.6 is 0 Å². The van der Waals surface area contributed by atoms with Crippen molar-refractivity contribution in [2.75, 3.05) is 5.32 Å². The first-order valence-corrected chi connectivity index (χ1v) is 6.84. The Kier molecular flexibility index (Phi) is 3.96. The molecular weight excluding hydrogens is 265 g/mol. The number of rotatable bonds is 5. The number of benzene rings is 2. The van der Waals surface area contributed by atoms with Gasteiger partial charge in [-0.1, -0.05) is 24.3 Å². The summed E-state index contributed by atoms with van der Waals surface area (Å²) >= 11 is 0. The van der Waals surface area contributed by atoms with Gasteiger partial charge in [0.2, 0.25) is 0 Å². The highest BCUT2D eigenvalue weighted by Gasteiger charge is 1.99. The van der Waals surface area contributed by atoms with E-state index in [1.807, 2.05) is 29.1 Å². The van der Waals surface area contributed by atoms with E-state index in [0.717, 1.165) is 17.8 Å². The topological polar surface area (TPSA) is 29.9 Å². The summed E-state index contributed by atoms with van der Waals surface area (Å²) in [7, 11) is 0. The third-order valence-electron chi connectivity index (χ3n) is 3.24. The number of anilines is 1. The SMILES string of the molecule is Fc1ccc(CNc2cccc(Cn3cccn3)c2)cc1. The molecular formula is C17H16FN3. The van der Waals surface area contributed by atoms with E-state index in [2.05, 4.69) is 22.5 Å². The van der Waals surface area contributed by atoms with Gasteiger partial charge in [-0.3, -0.25) is 4.68 Å². The first-order valence-electron chi connectivity index (χ1n) is 6.84. The Labute approximate surface area is 123 Å². The summed E-state index contributed by atoms with van der Waals surface area (Å²) in [5, 5.41) is 7.55. The fourth-order valence-corrected chi connectivity index (χ4v) is 2.17. The summed E-state index contributed by atoms with van der Waals surface area (Å²) in [6.07, 6.45) is 3.72. The molecule has 1 aromatic heterocycles. The molecule has 0 saturated heterocycles. The number of halogens is 1. The zero-order chi connectivity index (χ0) is 14.5. The summed E-state index contributed by atoms with van der Waals surface area (Å²) in [5.74, 6) is -0.208. The summed E-state index contributed by atoms with van der Waals surface area (Å²) in [4.78, 5) is 0. The molecule has 2 aromatic carbocycles. The van der Waals surface area contributed by atoms with Gasteiger partial charge in [0.05, 0.1) is 6.54 Å². The van der Waals surface area contributed by atoms with E-state index >= 15 is 0 Å². The lowest BCUT2D eigenvalue weighted by Crippen LogP contribution is -2.02. The highest BCUT2D eigenvalue weighted by Crippen LogP contribution is 2.13. The van der Waals surface area contributed by atoms with E-state index in [9.17, 15) is 4.39 Å². The first-order chi connectivity index (χ1) is 10.3. The van der Waals surface area contributed by atoms with Crippen LogP contribution in [0.4, 0.5) is 10.1 Å². The maximum atomic E-state index is 12.9. The average molecular weight is 281 g/mol. The molecule has 0 amide bonds. The van der Waals surface area contributed by atoms with Crippen molar-refractivity contribution in [1.29, 1.82) is 0 Å². The Morgan fingerprint density at radius 1 is 1.00 bits per heavy atom. The van der Waals surface area contributed by atoms with Gasteiger partial charge in [0.15, 0.2) is 0 Å². The van der Waals surface area contributed by atoms with Crippen LogP contribution in [0, 0.1) is 5.82 Å². The molecule has 1 N–H and O–H groups in total. The van der Waals surface area contributed by atoms with E-state index in [0.29, 0.717) is 6.54 Å². The lowest BCUT2D eigenvalue weighted by atomic mass is 10.2. The molecule has 1 heterocycles. The molecule has 0 bridgehead atoms. The van der Waals surface area contributed by atoms with Crippen LogP contribution in [0.2, 0.25) is 0 Å². The highest BCUT2D eigenvalue weighted by atomic mass is 19.1. The minimum atomic E-state index is -0.208. The van der Waals surface area contributed by atoms with Crippen LogP contribution in [0.3, 0.4) is 0 Å². The molecule has 0 saturated carbocycles. The standard InChI is InChI=1S/C17H16FN3/c18-16-7-5-14(6-8-16)12-19-17-4-1-3-15(11-17)13-21-10-2-9-20-21/h1-11,19H,12-13H2. The fraction of sp³-hybridized carbons (Fsp3) is 0.118. The Balaban J connectivity index is 1.64. The van der Waals surface area contributed by atoms with Gasteiger partial charge in [-0.2, -0.15) is 5.10 Å². The molecule has 106 valence electrons. The summed E-state index contributed by atoms with van der Waals surface area (Å²) in [6.45, 7) is 1.42. The molecule has 3 aromatic rings.